The molecule has 0 unspecified atom stereocenters. The number of rotatable bonds is 9. The average molecular weight is 655 g/mol. The fourth-order valence-electron chi connectivity index (χ4n) is 5.66. The van der Waals surface area contributed by atoms with Crippen molar-refractivity contribution in [2.45, 2.75) is 26.9 Å². The Bertz CT molecular complexity index is 2070. The van der Waals surface area contributed by atoms with Gasteiger partial charge in [0.2, 0.25) is 0 Å². The third-order valence-electron chi connectivity index (χ3n) is 8.35. The van der Waals surface area contributed by atoms with E-state index in [1.54, 1.807) is 6.92 Å². The first-order valence-electron chi connectivity index (χ1n) is 15.7. The molecule has 6 aromatic carbocycles. The molecule has 0 saturated carbocycles. The maximum atomic E-state index is 13.0. The zero-order chi connectivity index (χ0) is 34.7. The van der Waals surface area contributed by atoms with Crippen molar-refractivity contribution in [2.75, 3.05) is 9.80 Å². The number of carbonyl (C=O) groups excluding carboxylic acids is 2. The van der Waals surface area contributed by atoms with Crippen LogP contribution in [0.1, 0.15) is 38.8 Å². The Hall–Kier alpha value is -5.95. The highest BCUT2D eigenvalue weighted by atomic mass is 19.4. The molecule has 0 N–H and O–H groups in total. The summed E-state index contributed by atoms with van der Waals surface area (Å²) in [6.07, 6.45) is -4.94. The van der Waals surface area contributed by atoms with E-state index < -0.39 is 17.5 Å². The van der Waals surface area contributed by atoms with Gasteiger partial charge in [-0.05, 0) is 129 Å². The molecule has 4 nitrogen and oxygen atoms in total. The molecular weight excluding hydrogens is 621 g/mol. The highest BCUT2D eigenvalue weighted by molar-refractivity contribution is 6.00. The second kappa shape index (κ2) is 13.6. The standard InChI is InChI=1S/C42H33F3N2O2/c1-28-4-16-35(17-5-28)46(37-20-8-31(9-21-37)30(3)48)38-22-10-32(11-23-38)33-12-24-39(25-13-33)47(36-18-6-29(2)7-19-36)40-26-14-34(15-27-40)41(49)42(43,44)45/h4-27H,1-3H3. The lowest BCUT2D eigenvalue weighted by molar-refractivity contribution is -0.0885. The third-order valence-corrected chi connectivity index (χ3v) is 8.35. The molecule has 0 saturated heterocycles. The van der Waals surface area contributed by atoms with Crippen LogP contribution in [0.15, 0.2) is 146 Å². The number of ketones is 2. The van der Waals surface area contributed by atoms with Crippen LogP contribution in [0.3, 0.4) is 0 Å². The Kier molecular flexibility index (Phi) is 9.18. The molecule has 244 valence electrons. The summed E-state index contributed by atoms with van der Waals surface area (Å²) >= 11 is 0. The summed E-state index contributed by atoms with van der Waals surface area (Å²) in [4.78, 5) is 27.8. The predicted octanol–water partition coefficient (Wildman–Crippen LogP) is 11.9. The first-order valence-corrected chi connectivity index (χ1v) is 15.7. The van der Waals surface area contributed by atoms with Crippen molar-refractivity contribution in [3.8, 4) is 11.1 Å². The topological polar surface area (TPSA) is 40.6 Å². The van der Waals surface area contributed by atoms with E-state index in [4.69, 9.17) is 0 Å². The molecule has 0 aliphatic carbocycles. The summed E-state index contributed by atoms with van der Waals surface area (Å²) in [6, 6.07) is 45.3. The largest absolute Gasteiger partial charge is 0.454 e. The normalized spacial score (nSPS) is 11.2. The lowest BCUT2D eigenvalue weighted by Gasteiger charge is -2.26. The van der Waals surface area contributed by atoms with Gasteiger partial charge in [-0.1, -0.05) is 59.7 Å². The first kappa shape index (κ1) is 33.0. The highest BCUT2D eigenvalue weighted by Gasteiger charge is 2.39. The third kappa shape index (κ3) is 7.31. The van der Waals surface area contributed by atoms with E-state index in [1.165, 1.54) is 24.3 Å². The van der Waals surface area contributed by atoms with Crippen molar-refractivity contribution >= 4 is 45.7 Å². The van der Waals surface area contributed by atoms with E-state index in [1.807, 2.05) is 91.5 Å². The summed E-state index contributed by atoms with van der Waals surface area (Å²) in [7, 11) is 0. The maximum absolute atomic E-state index is 13.0. The minimum absolute atomic E-state index is 0.0149. The second-order valence-electron chi connectivity index (χ2n) is 11.9. The summed E-state index contributed by atoms with van der Waals surface area (Å²) in [5.41, 5.74) is 9.58. The van der Waals surface area contributed by atoms with Crippen molar-refractivity contribution in [2.24, 2.45) is 0 Å². The number of nitrogens with zero attached hydrogens (tertiary/aromatic N) is 2. The van der Waals surface area contributed by atoms with Crippen molar-refractivity contribution < 1.29 is 22.8 Å². The number of halogens is 3. The fraction of sp³-hybridized carbons (Fsp3) is 0.0952. The van der Waals surface area contributed by atoms with Gasteiger partial charge in [0.05, 0.1) is 0 Å². The summed E-state index contributed by atoms with van der Waals surface area (Å²) < 4.78 is 39.1. The number of anilines is 6. The number of alkyl halides is 3. The number of benzene rings is 6. The van der Waals surface area contributed by atoms with Gasteiger partial charge in [0, 0.05) is 45.3 Å². The van der Waals surface area contributed by atoms with Gasteiger partial charge < -0.3 is 9.80 Å². The molecule has 0 spiro atoms. The minimum atomic E-state index is -4.94. The van der Waals surface area contributed by atoms with Gasteiger partial charge in [-0.2, -0.15) is 13.2 Å². The number of hydrogen-bond acceptors (Lipinski definition) is 4. The molecule has 6 rings (SSSR count). The molecule has 0 aromatic heterocycles. The molecule has 49 heavy (non-hydrogen) atoms. The Balaban J connectivity index is 1.31. The van der Waals surface area contributed by atoms with Gasteiger partial charge in [0.1, 0.15) is 0 Å². The zero-order valence-corrected chi connectivity index (χ0v) is 27.2. The zero-order valence-electron chi connectivity index (χ0n) is 27.2. The van der Waals surface area contributed by atoms with Gasteiger partial charge >= 0.3 is 6.18 Å². The number of hydrogen-bond donors (Lipinski definition) is 0. The summed E-state index contributed by atoms with van der Waals surface area (Å²) in [5, 5.41) is 0. The van der Waals surface area contributed by atoms with Crippen molar-refractivity contribution in [1.82, 2.24) is 0 Å². The quantitative estimate of drug-likeness (QED) is 0.146. The van der Waals surface area contributed by atoms with Crippen LogP contribution in [0.4, 0.5) is 47.3 Å². The number of carbonyl (C=O) groups is 2. The van der Waals surface area contributed by atoms with Crippen LogP contribution in [-0.4, -0.2) is 17.7 Å². The summed E-state index contributed by atoms with van der Waals surface area (Å²) in [5.74, 6) is -1.86. The predicted molar refractivity (Wildman–Crippen MR) is 191 cm³/mol. The van der Waals surface area contributed by atoms with Crippen LogP contribution < -0.4 is 9.80 Å². The lowest BCUT2D eigenvalue weighted by Crippen LogP contribution is -2.22. The van der Waals surface area contributed by atoms with Crippen LogP contribution in [0.2, 0.25) is 0 Å². The maximum Gasteiger partial charge on any atom is 0.454 e. The van der Waals surface area contributed by atoms with Crippen molar-refractivity contribution in [1.29, 1.82) is 0 Å². The molecule has 0 heterocycles. The fourth-order valence-corrected chi connectivity index (χ4v) is 5.66. The molecule has 0 aliphatic rings. The van der Waals surface area contributed by atoms with E-state index >= 15 is 0 Å². The van der Waals surface area contributed by atoms with Crippen LogP contribution in [0.5, 0.6) is 0 Å². The van der Waals surface area contributed by atoms with Gasteiger partial charge in [0.25, 0.3) is 5.78 Å². The molecule has 0 radical (unpaired) electrons. The van der Waals surface area contributed by atoms with Crippen molar-refractivity contribution in [3.63, 3.8) is 0 Å². The average Bonchev–Trinajstić information content (AvgIpc) is 3.11. The first-order chi connectivity index (χ1) is 23.5. The van der Waals surface area contributed by atoms with Crippen LogP contribution >= 0.6 is 0 Å². The Morgan fingerprint density at radius 3 is 0.980 bits per heavy atom. The van der Waals surface area contributed by atoms with Crippen LogP contribution in [0.25, 0.3) is 11.1 Å². The van der Waals surface area contributed by atoms with E-state index in [0.29, 0.717) is 11.3 Å². The molecule has 0 atom stereocenters. The Morgan fingerprint density at radius 2 is 0.694 bits per heavy atom. The molecule has 0 amide bonds. The molecule has 0 fully saturated rings. The SMILES string of the molecule is CC(=O)c1ccc(N(c2ccc(C)cc2)c2ccc(-c3ccc(N(c4ccc(C)cc4)c4ccc(C(=O)C(F)(F)F)cc4)cc3)cc2)cc1. The van der Waals surface area contributed by atoms with Gasteiger partial charge in [0.15, 0.2) is 5.78 Å². The van der Waals surface area contributed by atoms with E-state index in [2.05, 4.69) is 53.4 Å². The summed E-state index contributed by atoms with van der Waals surface area (Å²) in [6.45, 7) is 5.59. The van der Waals surface area contributed by atoms with Crippen LogP contribution in [-0.2, 0) is 0 Å². The van der Waals surface area contributed by atoms with Gasteiger partial charge in [-0.15, -0.1) is 0 Å². The lowest BCUT2D eigenvalue weighted by atomic mass is 10.0. The molecular formula is C42H33F3N2O2. The monoisotopic (exact) mass is 654 g/mol. The molecule has 0 bridgehead atoms. The smallest absolute Gasteiger partial charge is 0.311 e. The van der Waals surface area contributed by atoms with E-state index in [-0.39, 0.29) is 5.78 Å². The minimum Gasteiger partial charge on any atom is -0.311 e. The molecule has 7 heteroatoms. The van der Waals surface area contributed by atoms with E-state index in [9.17, 15) is 22.8 Å². The molecule has 6 aromatic rings. The van der Waals surface area contributed by atoms with Crippen molar-refractivity contribution in [3.05, 3.63) is 168 Å². The number of aryl methyl sites for hydroxylation is 2. The van der Waals surface area contributed by atoms with E-state index in [0.717, 1.165) is 50.7 Å². The second-order valence-corrected chi connectivity index (χ2v) is 11.9. The Labute approximate surface area is 283 Å². The van der Waals surface area contributed by atoms with Gasteiger partial charge in [-0.25, -0.2) is 0 Å². The highest BCUT2D eigenvalue weighted by Crippen LogP contribution is 2.38. The Morgan fingerprint density at radius 1 is 0.429 bits per heavy atom. The number of Topliss-reactive ketones (excluding diaryl/α,β-unsaturated/α-hetero) is 2. The van der Waals surface area contributed by atoms with Gasteiger partial charge in [-0.3, -0.25) is 9.59 Å². The molecule has 0 aliphatic heterocycles. The van der Waals surface area contributed by atoms with Crippen LogP contribution in [0, 0.1) is 13.8 Å².